The third kappa shape index (κ3) is 2.95. The van der Waals surface area contributed by atoms with Gasteiger partial charge in [0.2, 0.25) is 0 Å². The molecule has 16 heavy (non-hydrogen) atoms. The van der Waals surface area contributed by atoms with Crippen molar-refractivity contribution in [3.63, 3.8) is 0 Å². The standard InChI is InChI=1S/C12H17IN2O/c1-8-4-5-11(13)10(6-8)12(16)15(3)9(2)7-14/h4-6,9H,7,14H2,1-3H3. The predicted molar refractivity (Wildman–Crippen MR) is 74.5 cm³/mol. The summed E-state index contributed by atoms with van der Waals surface area (Å²) in [4.78, 5) is 13.9. The molecule has 1 aromatic carbocycles. The minimum atomic E-state index is 0.0334. The third-order valence-electron chi connectivity index (χ3n) is 2.67. The van der Waals surface area contributed by atoms with E-state index in [2.05, 4.69) is 22.6 Å². The van der Waals surface area contributed by atoms with Crippen LogP contribution in [0.1, 0.15) is 22.8 Å². The molecule has 0 aliphatic rings. The van der Waals surface area contributed by atoms with E-state index in [1.165, 1.54) is 0 Å². The molecule has 1 atom stereocenters. The SMILES string of the molecule is Cc1ccc(I)c(C(=O)N(C)C(C)CN)c1. The molecule has 0 aliphatic heterocycles. The molecule has 0 aliphatic carbocycles. The van der Waals surface area contributed by atoms with Crippen LogP contribution in [0.4, 0.5) is 0 Å². The fourth-order valence-corrected chi connectivity index (χ4v) is 1.92. The zero-order chi connectivity index (χ0) is 12.3. The van der Waals surface area contributed by atoms with E-state index in [1.54, 1.807) is 11.9 Å². The van der Waals surface area contributed by atoms with Crippen molar-refractivity contribution < 1.29 is 4.79 Å². The summed E-state index contributed by atoms with van der Waals surface area (Å²) in [7, 11) is 1.79. The molecule has 88 valence electrons. The summed E-state index contributed by atoms with van der Waals surface area (Å²) in [6.07, 6.45) is 0. The van der Waals surface area contributed by atoms with Crippen LogP contribution in [0.5, 0.6) is 0 Å². The summed E-state index contributed by atoms with van der Waals surface area (Å²) in [5.41, 5.74) is 7.41. The minimum absolute atomic E-state index is 0.0334. The van der Waals surface area contributed by atoms with Gasteiger partial charge in [-0.2, -0.15) is 0 Å². The molecule has 0 saturated carbocycles. The first-order valence-electron chi connectivity index (χ1n) is 5.20. The van der Waals surface area contributed by atoms with Crippen molar-refractivity contribution in [3.8, 4) is 0 Å². The lowest BCUT2D eigenvalue weighted by molar-refractivity contribution is 0.0747. The van der Waals surface area contributed by atoms with Crippen LogP contribution in [0.3, 0.4) is 0 Å². The van der Waals surface area contributed by atoms with Gasteiger partial charge < -0.3 is 10.6 Å². The lowest BCUT2D eigenvalue weighted by atomic mass is 10.1. The molecule has 3 nitrogen and oxygen atoms in total. The highest BCUT2D eigenvalue weighted by atomic mass is 127. The van der Waals surface area contributed by atoms with Gasteiger partial charge in [0, 0.05) is 23.2 Å². The second-order valence-electron chi connectivity index (χ2n) is 3.98. The number of benzene rings is 1. The molecule has 1 aromatic rings. The average Bonchev–Trinajstić information content (AvgIpc) is 2.29. The molecular weight excluding hydrogens is 315 g/mol. The molecule has 1 amide bonds. The Labute approximate surface area is 110 Å². The number of hydrogen-bond acceptors (Lipinski definition) is 2. The summed E-state index contributed by atoms with van der Waals surface area (Å²) in [5.74, 6) is 0.0334. The van der Waals surface area contributed by atoms with E-state index in [0.29, 0.717) is 6.54 Å². The number of hydrogen-bond donors (Lipinski definition) is 1. The summed E-state index contributed by atoms with van der Waals surface area (Å²) < 4.78 is 0.976. The maximum Gasteiger partial charge on any atom is 0.254 e. The Morgan fingerprint density at radius 3 is 2.75 bits per heavy atom. The second kappa shape index (κ2) is 5.63. The minimum Gasteiger partial charge on any atom is -0.338 e. The van der Waals surface area contributed by atoms with Crippen molar-refractivity contribution in [2.24, 2.45) is 5.73 Å². The van der Waals surface area contributed by atoms with Crippen molar-refractivity contribution in [1.82, 2.24) is 4.90 Å². The Kier molecular flexibility index (Phi) is 4.73. The van der Waals surface area contributed by atoms with Crippen molar-refractivity contribution in [3.05, 3.63) is 32.9 Å². The Morgan fingerprint density at radius 2 is 2.19 bits per heavy atom. The zero-order valence-corrected chi connectivity index (χ0v) is 12.0. The molecule has 0 spiro atoms. The van der Waals surface area contributed by atoms with Crippen LogP contribution in [0.2, 0.25) is 0 Å². The van der Waals surface area contributed by atoms with Crippen LogP contribution < -0.4 is 5.73 Å². The second-order valence-corrected chi connectivity index (χ2v) is 5.15. The van der Waals surface area contributed by atoms with Gasteiger partial charge in [0.15, 0.2) is 0 Å². The van der Waals surface area contributed by atoms with Crippen molar-refractivity contribution >= 4 is 28.5 Å². The maximum atomic E-state index is 12.2. The Hall–Kier alpha value is -0.620. The molecule has 2 N–H and O–H groups in total. The molecule has 0 saturated heterocycles. The maximum absolute atomic E-state index is 12.2. The lowest BCUT2D eigenvalue weighted by Crippen LogP contribution is -2.40. The molecule has 0 fully saturated rings. The molecular formula is C12H17IN2O. The molecule has 0 heterocycles. The van der Waals surface area contributed by atoms with E-state index in [4.69, 9.17) is 5.73 Å². The third-order valence-corrected chi connectivity index (χ3v) is 3.62. The first-order valence-corrected chi connectivity index (χ1v) is 6.28. The van der Waals surface area contributed by atoms with Gasteiger partial charge >= 0.3 is 0 Å². The molecule has 0 bridgehead atoms. The van der Waals surface area contributed by atoms with E-state index in [0.717, 1.165) is 14.7 Å². The number of rotatable bonds is 3. The topological polar surface area (TPSA) is 46.3 Å². The van der Waals surface area contributed by atoms with E-state index >= 15 is 0 Å². The monoisotopic (exact) mass is 332 g/mol. The van der Waals surface area contributed by atoms with Crippen LogP contribution in [0, 0.1) is 10.5 Å². The van der Waals surface area contributed by atoms with Gasteiger partial charge in [-0.3, -0.25) is 4.79 Å². The molecule has 4 heteroatoms. The predicted octanol–water partition coefficient (Wildman–Crippen LogP) is 2.02. The number of carbonyl (C=O) groups is 1. The number of amides is 1. The Bertz CT molecular complexity index is 393. The molecule has 1 rings (SSSR count). The van der Waals surface area contributed by atoms with Crippen molar-refractivity contribution in [1.29, 1.82) is 0 Å². The highest BCUT2D eigenvalue weighted by Crippen LogP contribution is 2.16. The van der Waals surface area contributed by atoms with Crippen LogP contribution in [0.15, 0.2) is 18.2 Å². The first kappa shape index (κ1) is 13.4. The van der Waals surface area contributed by atoms with Gasteiger partial charge in [-0.15, -0.1) is 0 Å². The number of halogens is 1. The normalized spacial score (nSPS) is 12.3. The van der Waals surface area contributed by atoms with E-state index in [9.17, 15) is 4.79 Å². The van der Waals surface area contributed by atoms with Gasteiger partial charge in [-0.05, 0) is 48.6 Å². The average molecular weight is 332 g/mol. The summed E-state index contributed by atoms with van der Waals surface area (Å²) in [6, 6.07) is 5.95. The van der Waals surface area contributed by atoms with Crippen molar-refractivity contribution in [2.75, 3.05) is 13.6 Å². The smallest absolute Gasteiger partial charge is 0.254 e. The van der Waals surface area contributed by atoms with Crippen LogP contribution in [-0.4, -0.2) is 30.4 Å². The number of likely N-dealkylation sites (N-methyl/N-ethyl adjacent to an activating group) is 1. The number of carbonyl (C=O) groups excluding carboxylic acids is 1. The summed E-state index contributed by atoms with van der Waals surface area (Å²) in [5, 5.41) is 0. The molecule has 1 unspecified atom stereocenters. The number of nitrogens with zero attached hydrogens (tertiary/aromatic N) is 1. The van der Waals surface area contributed by atoms with Gasteiger partial charge in [-0.1, -0.05) is 11.6 Å². The first-order chi connectivity index (χ1) is 7.47. The summed E-state index contributed by atoms with van der Waals surface area (Å²) >= 11 is 2.18. The van der Waals surface area contributed by atoms with Crippen LogP contribution in [-0.2, 0) is 0 Å². The van der Waals surface area contributed by atoms with Crippen LogP contribution in [0.25, 0.3) is 0 Å². The van der Waals surface area contributed by atoms with Gasteiger partial charge in [0.05, 0.1) is 5.56 Å². The van der Waals surface area contributed by atoms with E-state index < -0.39 is 0 Å². The van der Waals surface area contributed by atoms with E-state index in [1.807, 2.05) is 32.0 Å². The largest absolute Gasteiger partial charge is 0.338 e. The Morgan fingerprint density at radius 1 is 1.56 bits per heavy atom. The fourth-order valence-electron chi connectivity index (χ4n) is 1.35. The number of nitrogens with two attached hydrogens (primary N) is 1. The highest BCUT2D eigenvalue weighted by molar-refractivity contribution is 14.1. The molecule has 0 radical (unpaired) electrons. The van der Waals surface area contributed by atoms with Crippen molar-refractivity contribution in [2.45, 2.75) is 19.9 Å². The quantitative estimate of drug-likeness (QED) is 0.861. The van der Waals surface area contributed by atoms with Gasteiger partial charge in [-0.25, -0.2) is 0 Å². The lowest BCUT2D eigenvalue weighted by Gasteiger charge is -2.24. The highest BCUT2D eigenvalue weighted by Gasteiger charge is 2.18. The summed E-state index contributed by atoms with van der Waals surface area (Å²) in [6.45, 7) is 4.41. The number of aryl methyl sites for hydroxylation is 1. The van der Waals surface area contributed by atoms with E-state index in [-0.39, 0.29) is 11.9 Å². The zero-order valence-electron chi connectivity index (χ0n) is 9.83. The van der Waals surface area contributed by atoms with Gasteiger partial charge in [0.1, 0.15) is 0 Å². The van der Waals surface area contributed by atoms with Crippen LogP contribution >= 0.6 is 22.6 Å². The Balaban J connectivity index is 3.00. The molecule has 0 aromatic heterocycles. The van der Waals surface area contributed by atoms with Gasteiger partial charge in [0.25, 0.3) is 5.91 Å². The fraction of sp³-hybridized carbons (Fsp3) is 0.417.